The Kier molecular flexibility index (Phi) is 8.01. The number of para-hydroxylation sites is 1. The molecule has 1 unspecified atom stereocenters. The SMILES string of the molecule is C=C/C=C1\C(=C/C=C)C(=O)CC12c1ccccc1Oc1cc(O)ccc12.CBr.CC. The van der Waals surface area contributed by atoms with Gasteiger partial charge in [0.05, 0.1) is 5.41 Å². The molecule has 2 aliphatic rings. The van der Waals surface area contributed by atoms with Crippen molar-refractivity contribution in [3.63, 3.8) is 0 Å². The van der Waals surface area contributed by atoms with Crippen molar-refractivity contribution in [3.05, 3.63) is 102 Å². The predicted octanol–water partition coefficient (Wildman–Crippen LogP) is 7.02. The van der Waals surface area contributed by atoms with E-state index in [9.17, 15) is 9.90 Å². The van der Waals surface area contributed by atoms with E-state index in [1.54, 1.807) is 30.4 Å². The highest BCUT2D eigenvalue weighted by molar-refractivity contribution is 9.08. The van der Waals surface area contributed by atoms with Gasteiger partial charge in [-0.25, -0.2) is 0 Å². The number of ketones is 1. The molecule has 3 nitrogen and oxygen atoms in total. The lowest BCUT2D eigenvalue weighted by molar-refractivity contribution is -0.114. The number of benzene rings is 2. The van der Waals surface area contributed by atoms with Crippen LogP contribution in [-0.2, 0) is 10.2 Å². The second kappa shape index (κ2) is 10.3. The number of rotatable bonds is 2. The molecule has 2 aromatic carbocycles. The summed E-state index contributed by atoms with van der Waals surface area (Å²) < 4.78 is 6.04. The fraction of sp³-hybridized carbons (Fsp3) is 0.192. The fourth-order valence-corrected chi connectivity index (χ4v) is 4.06. The van der Waals surface area contributed by atoms with Crippen LogP contribution in [0.5, 0.6) is 17.2 Å². The smallest absolute Gasteiger partial charge is 0.164 e. The van der Waals surface area contributed by atoms with Crippen molar-refractivity contribution in [1.82, 2.24) is 0 Å². The van der Waals surface area contributed by atoms with Crippen LogP contribution in [0.3, 0.4) is 0 Å². The molecule has 1 saturated carbocycles. The number of phenolic OH excluding ortho intramolecular Hbond substituents is 1. The van der Waals surface area contributed by atoms with Crippen LogP contribution in [-0.4, -0.2) is 16.7 Å². The molecule has 4 rings (SSSR count). The van der Waals surface area contributed by atoms with Gasteiger partial charge in [0.15, 0.2) is 5.78 Å². The van der Waals surface area contributed by atoms with E-state index in [0.717, 1.165) is 16.7 Å². The molecule has 1 N–H and O–H groups in total. The number of aromatic hydroxyl groups is 1. The lowest BCUT2D eigenvalue weighted by atomic mass is 9.68. The highest BCUT2D eigenvalue weighted by atomic mass is 79.9. The van der Waals surface area contributed by atoms with Crippen molar-refractivity contribution in [1.29, 1.82) is 0 Å². The molecule has 1 fully saturated rings. The normalized spacial score (nSPS) is 20.9. The summed E-state index contributed by atoms with van der Waals surface area (Å²) in [6, 6.07) is 12.8. The first-order chi connectivity index (χ1) is 14.6. The van der Waals surface area contributed by atoms with Crippen LogP contribution < -0.4 is 4.74 Å². The molecule has 1 aliphatic carbocycles. The quantitative estimate of drug-likeness (QED) is 0.381. The number of carbonyl (C=O) groups excluding carboxylic acids is 1. The molecular formula is C26H27BrO3. The maximum atomic E-state index is 12.9. The number of ether oxygens (including phenoxy) is 1. The topological polar surface area (TPSA) is 46.5 Å². The van der Waals surface area contributed by atoms with Gasteiger partial charge in [-0.15, -0.1) is 0 Å². The maximum Gasteiger partial charge on any atom is 0.164 e. The van der Waals surface area contributed by atoms with Crippen molar-refractivity contribution >= 4 is 21.7 Å². The lowest BCUT2D eigenvalue weighted by Crippen LogP contribution is -2.30. The van der Waals surface area contributed by atoms with Crippen LogP contribution in [0.2, 0.25) is 0 Å². The first-order valence-electron chi connectivity index (χ1n) is 9.80. The second-order valence-electron chi connectivity index (χ2n) is 6.42. The Morgan fingerprint density at radius 3 is 2.30 bits per heavy atom. The molecule has 4 heteroatoms. The summed E-state index contributed by atoms with van der Waals surface area (Å²) in [5, 5.41) is 9.92. The van der Waals surface area contributed by atoms with E-state index in [2.05, 4.69) is 29.1 Å². The van der Waals surface area contributed by atoms with Gasteiger partial charge in [-0.2, -0.15) is 0 Å². The molecule has 0 saturated heterocycles. The second-order valence-corrected chi connectivity index (χ2v) is 6.42. The van der Waals surface area contributed by atoms with Gasteiger partial charge in [-0.05, 0) is 23.5 Å². The van der Waals surface area contributed by atoms with Crippen LogP contribution in [0.15, 0.2) is 91.1 Å². The summed E-state index contributed by atoms with van der Waals surface area (Å²) in [5.74, 6) is 3.24. The predicted molar refractivity (Wildman–Crippen MR) is 128 cm³/mol. The molecule has 1 heterocycles. The van der Waals surface area contributed by atoms with Gasteiger partial charge < -0.3 is 9.84 Å². The maximum absolute atomic E-state index is 12.9. The Bertz CT molecular complexity index is 1020. The molecular weight excluding hydrogens is 440 g/mol. The third-order valence-electron chi connectivity index (χ3n) is 5.04. The van der Waals surface area contributed by atoms with Crippen LogP contribution >= 0.6 is 15.9 Å². The number of carbonyl (C=O) groups is 1. The summed E-state index contributed by atoms with van der Waals surface area (Å²) in [6.45, 7) is 11.6. The van der Waals surface area contributed by atoms with Crippen LogP contribution in [0.4, 0.5) is 0 Å². The minimum Gasteiger partial charge on any atom is -0.508 e. The van der Waals surface area contributed by atoms with Crippen molar-refractivity contribution < 1.29 is 14.6 Å². The summed E-state index contributed by atoms with van der Waals surface area (Å²) in [5.41, 5.74) is 2.64. The number of halogens is 1. The zero-order valence-corrected chi connectivity index (χ0v) is 19.2. The number of hydrogen-bond acceptors (Lipinski definition) is 3. The third-order valence-corrected chi connectivity index (χ3v) is 5.04. The Morgan fingerprint density at radius 2 is 1.63 bits per heavy atom. The molecule has 0 amide bonds. The van der Waals surface area contributed by atoms with Gasteiger partial charge >= 0.3 is 0 Å². The Hall–Kier alpha value is -2.85. The van der Waals surface area contributed by atoms with Crippen LogP contribution in [0, 0.1) is 0 Å². The Labute approximate surface area is 187 Å². The summed E-state index contributed by atoms with van der Waals surface area (Å²) in [7, 11) is 0. The standard InChI is InChI=1S/C23H18O3.C2H6.CH3Br/c1-3-7-16-17(8-4-2)23(14-20(16)25)18-9-5-6-10-21(18)26-22-13-15(24)11-12-19(22)23;2*1-2/h3-13,24H,1-2,14H2;1-2H3;1H3/b16-7+,17-8+;;. The largest absolute Gasteiger partial charge is 0.508 e. The minimum atomic E-state index is -0.669. The lowest BCUT2D eigenvalue weighted by Gasteiger charge is -2.38. The third kappa shape index (κ3) is 3.80. The molecule has 156 valence electrons. The highest BCUT2D eigenvalue weighted by Crippen LogP contribution is 2.59. The average molecular weight is 467 g/mol. The van der Waals surface area contributed by atoms with E-state index >= 15 is 0 Å². The van der Waals surface area contributed by atoms with E-state index in [4.69, 9.17) is 4.74 Å². The van der Waals surface area contributed by atoms with Crippen LogP contribution in [0.1, 0.15) is 31.4 Å². The zero-order chi connectivity index (χ0) is 22.3. The number of allylic oxidation sites excluding steroid dienone is 6. The van der Waals surface area contributed by atoms with E-state index < -0.39 is 5.41 Å². The van der Waals surface area contributed by atoms with Gasteiger partial charge in [0.25, 0.3) is 0 Å². The molecule has 2 aromatic rings. The van der Waals surface area contributed by atoms with E-state index in [0.29, 0.717) is 23.5 Å². The number of alkyl halides is 1. The molecule has 1 atom stereocenters. The van der Waals surface area contributed by atoms with E-state index in [-0.39, 0.29) is 11.5 Å². The molecule has 1 spiro atoms. The number of fused-ring (bicyclic) bond motifs is 4. The zero-order valence-electron chi connectivity index (χ0n) is 17.6. The van der Waals surface area contributed by atoms with Gasteiger partial charge in [0.2, 0.25) is 0 Å². The van der Waals surface area contributed by atoms with Gasteiger partial charge in [0.1, 0.15) is 17.2 Å². The van der Waals surface area contributed by atoms with Gasteiger partial charge in [0, 0.05) is 29.2 Å². The number of Topliss-reactive ketones (excluding diaryl/α,β-unsaturated/α-hetero) is 1. The molecule has 1 aliphatic heterocycles. The first-order valence-corrected chi connectivity index (χ1v) is 11.4. The molecule has 30 heavy (non-hydrogen) atoms. The average Bonchev–Trinajstić information content (AvgIpc) is 3.04. The van der Waals surface area contributed by atoms with Gasteiger partial charge in [-0.1, -0.05) is 91.5 Å². The van der Waals surface area contributed by atoms with E-state index in [1.165, 1.54) is 0 Å². The Morgan fingerprint density at radius 1 is 1.00 bits per heavy atom. The summed E-state index contributed by atoms with van der Waals surface area (Å²) in [4.78, 5) is 12.9. The number of phenols is 1. The molecule has 0 aromatic heterocycles. The highest BCUT2D eigenvalue weighted by Gasteiger charge is 2.52. The monoisotopic (exact) mass is 466 g/mol. The summed E-state index contributed by atoms with van der Waals surface area (Å²) in [6.07, 6.45) is 7.27. The van der Waals surface area contributed by atoms with E-state index in [1.807, 2.05) is 56.1 Å². The Balaban J connectivity index is 0.000000757. The summed E-state index contributed by atoms with van der Waals surface area (Å²) >= 11 is 2.94. The van der Waals surface area contributed by atoms with Crippen molar-refractivity contribution in [2.75, 3.05) is 5.83 Å². The fourth-order valence-electron chi connectivity index (χ4n) is 4.06. The van der Waals surface area contributed by atoms with Crippen molar-refractivity contribution in [2.45, 2.75) is 25.7 Å². The first kappa shape index (κ1) is 23.4. The minimum absolute atomic E-state index is 0.0497. The molecule has 0 bridgehead atoms. The van der Waals surface area contributed by atoms with Gasteiger partial charge in [-0.3, -0.25) is 4.79 Å². The van der Waals surface area contributed by atoms with Crippen LogP contribution in [0.25, 0.3) is 0 Å². The van der Waals surface area contributed by atoms with Crippen molar-refractivity contribution in [3.8, 4) is 17.2 Å². The van der Waals surface area contributed by atoms with Crippen molar-refractivity contribution in [2.24, 2.45) is 0 Å². The number of hydrogen-bond donors (Lipinski definition) is 1. The molecule has 0 radical (unpaired) electrons.